The molecule has 1 aliphatic heterocycles. The van der Waals surface area contributed by atoms with Gasteiger partial charge in [0.1, 0.15) is 0 Å². The summed E-state index contributed by atoms with van der Waals surface area (Å²) in [5, 5.41) is 3.73. The molecule has 0 aliphatic carbocycles. The van der Waals surface area contributed by atoms with E-state index >= 15 is 0 Å². The lowest BCUT2D eigenvalue weighted by Gasteiger charge is -2.27. The Balaban J connectivity index is 1.56. The minimum atomic E-state index is 0.266. The Bertz CT molecular complexity index is 513. The molecule has 0 unspecified atom stereocenters. The van der Waals surface area contributed by atoms with Crippen LogP contribution in [0, 0.1) is 0 Å². The van der Waals surface area contributed by atoms with Gasteiger partial charge in [-0.15, -0.1) is 0 Å². The third-order valence-corrected chi connectivity index (χ3v) is 4.37. The van der Waals surface area contributed by atoms with Crippen LogP contribution in [0.3, 0.4) is 0 Å². The van der Waals surface area contributed by atoms with Crippen LogP contribution in [0.5, 0.6) is 0 Å². The first kappa shape index (κ1) is 16.2. The fourth-order valence-corrected chi connectivity index (χ4v) is 3.09. The number of hydrogen-bond donors (Lipinski definition) is 1. The van der Waals surface area contributed by atoms with Gasteiger partial charge in [0.05, 0.1) is 19.3 Å². The monoisotopic (exact) mass is 310 g/mol. The number of ether oxygens (including phenoxy) is 1. The minimum absolute atomic E-state index is 0.266. The topological polar surface area (TPSA) is 24.5 Å². The van der Waals surface area contributed by atoms with Gasteiger partial charge in [-0.1, -0.05) is 60.7 Å². The van der Waals surface area contributed by atoms with Gasteiger partial charge in [-0.05, 0) is 30.6 Å². The van der Waals surface area contributed by atoms with E-state index in [2.05, 4.69) is 70.9 Å². The molecule has 0 amide bonds. The average molecular weight is 310 g/mol. The summed E-state index contributed by atoms with van der Waals surface area (Å²) in [5.41, 5.74) is 2.65. The van der Waals surface area contributed by atoms with Crippen LogP contribution < -0.4 is 5.32 Å². The Morgan fingerprint density at radius 1 is 0.870 bits per heavy atom. The molecule has 0 bridgehead atoms. The van der Waals surface area contributed by atoms with Crippen LogP contribution in [-0.2, 0) is 4.74 Å². The molecule has 1 heterocycles. The lowest BCUT2D eigenvalue weighted by Crippen LogP contribution is -2.38. The van der Waals surface area contributed by atoms with E-state index in [1.165, 1.54) is 11.1 Å². The van der Waals surface area contributed by atoms with E-state index in [1.54, 1.807) is 0 Å². The van der Waals surface area contributed by atoms with Gasteiger partial charge in [0.15, 0.2) is 0 Å². The van der Waals surface area contributed by atoms with Crippen LogP contribution in [0.25, 0.3) is 0 Å². The Morgan fingerprint density at radius 2 is 1.43 bits per heavy atom. The Hall–Kier alpha value is -1.68. The Kier molecular flexibility index (Phi) is 6.21. The molecule has 3 nitrogen and oxygen atoms in total. The number of nitrogens with zero attached hydrogens (tertiary/aromatic N) is 1. The Morgan fingerprint density at radius 3 is 2.00 bits per heavy atom. The second kappa shape index (κ2) is 8.82. The molecule has 1 N–H and O–H groups in total. The van der Waals surface area contributed by atoms with Crippen molar-refractivity contribution in [2.75, 3.05) is 39.4 Å². The van der Waals surface area contributed by atoms with Crippen molar-refractivity contribution in [3.63, 3.8) is 0 Å². The summed E-state index contributed by atoms with van der Waals surface area (Å²) >= 11 is 0. The number of morpholine rings is 1. The summed E-state index contributed by atoms with van der Waals surface area (Å²) in [4.78, 5) is 2.49. The standard InChI is InChI=1S/C20H26N2O/c1-3-8-18(9-4-1)20(19-10-5-2-6-11-19)21-12-7-13-22-14-16-23-17-15-22/h1-6,8-11,20-21H,7,12-17H2. The minimum Gasteiger partial charge on any atom is -0.379 e. The van der Waals surface area contributed by atoms with Gasteiger partial charge < -0.3 is 10.1 Å². The first-order chi connectivity index (χ1) is 11.4. The van der Waals surface area contributed by atoms with Gasteiger partial charge >= 0.3 is 0 Å². The summed E-state index contributed by atoms with van der Waals surface area (Å²) in [6.45, 7) is 6.06. The molecule has 0 aromatic heterocycles. The summed E-state index contributed by atoms with van der Waals surface area (Å²) in [6.07, 6.45) is 1.16. The first-order valence-corrected chi connectivity index (χ1v) is 8.57. The van der Waals surface area contributed by atoms with Crippen LogP contribution in [0.2, 0.25) is 0 Å². The van der Waals surface area contributed by atoms with Crippen LogP contribution in [-0.4, -0.2) is 44.3 Å². The van der Waals surface area contributed by atoms with Gasteiger partial charge in [0.25, 0.3) is 0 Å². The molecule has 23 heavy (non-hydrogen) atoms. The molecule has 122 valence electrons. The maximum Gasteiger partial charge on any atom is 0.0594 e. The summed E-state index contributed by atoms with van der Waals surface area (Å²) in [7, 11) is 0. The van der Waals surface area contributed by atoms with Crippen molar-refractivity contribution in [2.24, 2.45) is 0 Å². The molecule has 3 rings (SSSR count). The summed E-state index contributed by atoms with van der Waals surface area (Å²) < 4.78 is 5.40. The molecular formula is C20H26N2O. The predicted octanol–water partition coefficient (Wildman–Crippen LogP) is 3.09. The second-order valence-electron chi connectivity index (χ2n) is 6.02. The maximum absolute atomic E-state index is 5.40. The third-order valence-electron chi connectivity index (χ3n) is 4.37. The number of benzene rings is 2. The van der Waals surface area contributed by atoms with E-state index in [1.807, 2.05) is 0 Å². The second-order valence-corrected chi connectivity index (χ2v) is 6.02. The highest BCUT2D eigenvalue weighted by molar-refractivity contribution is 5.31. The van der Waals surface area contributed by atoms with Crippen molar-refractivity contribution < 1.29 is 4.74 Å². The van der Waals surface area contributed by atoms with E-state index in [4.69, 9.17) is 4.74 Å². The molecule has 0 radical (unpaired) electrons. The van der Waals surface area contributed by atoms with Crippen molar-refractivity contribution in [2.45, 2.75) is 12.5 Å². The number of rotatable bonds is 7. The molecule has 1 aliphatic rings. The molecule has 0 saturated carbocycles. The van der Waals surface area contributed by atoms with Gasteiger partial charge in [-0.2, -0.15) is 0 Å². The smallest absolute Gasteiger partial charge is 0.0594 e. The molecule has 0 atom stereocenters. The van der Waals surface area contributed by atoms with Gasteiger partial charge in [0, 0.05) is 13.1 Å². The van der Waals surface area contributed by atoms with Crippen molar-refractivity contribution in [3.05, 3.63) is 71.8 Å². The quantitative estimate of drug-likeness (QED) is 0.795. The maximum atomic E-state index is 5.40. The molecular weight excluding hydrogens is 284 g/mol. The third kappa shape index (κ3) is 4.90. The van der Waals surface area contributed by atoms with Crippen molar-refractivity contribution >= 4 is 0 Å². The predicted molar refractivity (Wildman–Crippen MR) is 94.6 cm³/mol. The molecule has 2 aromatic carbocycles. The van der Waals surface area contributed by atoms with Crippen molar-refractivity contribution in [3.8, 4) is 0 Å². The lowest BCUT2D eigenvalue weighted by molar-refractivity contribution is 0.0374. The average Bonchev–Trinajstić information content (AvgIpc) is 2.64. The fourth-order valence-electron chi connectivity index (χ4n) is 3.09. The largest absolute Gasteiger partial charge is 0.379 e. The van der Waals surface area contributed by atoms with Gasteiger partial charge in [0.2, 0.25) is 0 Å². The summed E-state index contributed by atoms with van der Waals surface area (Å²) in [6, 6.07) is 21.7. The van der Waals surface area contributed by atoms with Gasteiger partial charge in [-0.3, -0.25) is 4.90 Å². The molecule has 0 spiro atoms. The van der Waals surface area contributed by atoms with Crippen LogP contribution >= 0.6 is 0 Å². The zero-order chi connectivity index (χ0) is 15.7. The van der Waals surface area contributed by atoms with E-state index < -0.39 is 0 Å². The van der Waals surface area contributed by atoms with Crippen LogP contribution in [0.4, 0.5) is 0 Å². The number of nitrogens with one attached hydrogen (secondary N) is 1. The fraction of sp³-hybridized carbons (Fsp3) is 0.400. The molecule has 1 saturated heterocycles. The van der Waals surface area contributed by atoms with E-state index in [-0.39, 0.29) is 6.04 Å². The highest BCUT2D eigenvalue weighted by Gasteiger charge is 2.13. The Labute approximate surface area is 139 Å². The van der Waals surface area contributed by atoms with E-state index in [0.717, 1.165) is 45.8 Å². The van der Waals surface area contributed by atoms with Crippen molar-refractivity contribution in [1.29, 1.82) is 0 Å². The van der Waals surface area contributed by atoms with Crippen LogP contribution in [0.15, 0.2) is 60.7 Å². The summed E-state index contributed by atoms with van der Waals surface area (Å²) in [5.74, 6) is 0. The SMILES string of the molecule is c1ccc(C(NCCCN2CCOCC2)c2ccccc2)cc1. The molecule has 3 heteroatoms. The van der Waals surface area contributed by atoms with Gasteiger partial charge in [-0.25, -0.2) is 0 Å². The van der Waals surface area contributed by atoms with Crippen molar-refractivity contribution in [1.82, 2.24) is 10.2 Å². The highest BCUT2D eigenvalue weighted by atomic mass is 16.5. The van der Waals surface area contributed by atoms with Crippen LogP contribution in [0.1, 0.15) is 23.6 Å². The highest BCUT2D eigenvalue weighted by Crippen LogP contribution is 2.21. The lowest BCUT2D eigenvalue weighted by atomic mass is 9.98. The normalized spacial score (nSPS) is 15.9. The molecule has 2 aromatic rings. The zero-order valence-electron chi connectivity index (χ0n) is 13.7. The zero-order valence-corrected chi connectivity index (χ0v) is 13.7. The van der Waals surface area contributed by atoms with E-state index in [9.17, 15) is 0 Å². The first-order valence-electron chi connectivity index (χ1n) is 8.57. The molecule has 1 fully saturated rings. The number of hydrogen-bond acceptors (Lipinski definition) is 3. The van der Waals surface area contributed by atoms with E-state index in [0.29, 0.717) is 0 Å².